The SMILES string of the molecule is CC(=O)Nc1ccc(N=Cc2ccc(OCC(=O)N3CCOCC3)c(Br)c2)cc1. The third kappa shape index (κ3) is 6.40. The molecule has 8 heteroatoms. The largest absolute Gasteiger partial charge is 0.483 e. The number of rotatable bonds is 6. The van der Waals surface area contributed by atoms with Crippen molar-refractivity contribution >= 4 is 45.3 Å². The molecule has 1 saturated heterocycles. The summed E-state index contributed by atoms with van der Waals surface area (Å²) in [6.45, 7) is 3.80. The third-order valence-corrected chi connectivity index (χ3v) is 4.84. The zero-order chi connectivity index (χ0) is 20.6. The van der Waals surface area contributed by atoms with Crippen molar-refractivity contribution in [3.05, 3.63) is 52.5 Å². The van der Waals surface area contributed by atoms with Gasteiger partial charge in [-0.2, -0.15) is 0 Å². The molecular formula is C21H22BrN3O4. The minimum Gasteiger partial charge on any atom is -0.483 e. The van der Waals surface area contributed by atoms with E-state index in [1.165, 1.54) is 6.92 Å². The van der Waals surface area contributed by atoms with E-state index < -0.39 is 0 Å². The second kappa shape index (κ2) is 10.2. The molecule has 2 aromatic carbocycles. The van der Waals surface area contributed by atoms with E-state index in [4.69, 9.17) is 9.47 Å². The van der Waals surface area contributed by atoms with Crippen LogP contribution in [0.3, 0.4) is 0 Å². The van der Waals surface area contributed by atoms with Crippen LogP contribution in [0, 0.1) is 0 Å². The molecule has 0 radical (unpaired) electrons. The van der Waals surface area contributed by atoms with Crippen LogP contribution in [0.15, 0.2) is 51.9 Å². The lowest BCUT2D eigenvalue weighted by Gasteiger charge is -2.26. The Hall–Kier alpha value is -2.71. The maximum absolute atomic E-state index is 12.2. The second-order valence-corrected chi connectivity index (χ2v) is 7.31. The summed E-state index contributed by atoms with van der Waals surface area (Å²) in [5.41, 5.74) is 2.38. The molecule has 3 rings (SSSR count). The van der Waals surface area contributed by atoms with E-state index in [1.807, 2.05) is 24.3 Å². The highest BCUT2D eigenvalue weighted by Crippen LogP contribution is 2.26. The highest BCUT2D eigenvalue weighted by molar-refractivity contribution is 9.10. The first-order valence-electron chi connectivity index (χ1n) is 9.21. The van der Waals surface area contributed by atoms with E-state index in [0.717, 1.165) is 21.4 Å². The summed E-state index contributed by atoms with van der Waals surface area (Å²) in [6, 6.07) is 12.8. The van der Waals surface area contributed by atoms with Crippen molar-refractivity contribution in [2.24, 2.45) is 4.99 Å². The molecule has 0 aliphatic carbocycles. The Kier molecular flexibility index (Phi) is 7.37. The van der Waals surface area contributed by atoms with Crippen LogP contribution in [0.2, 0.25) is 0 Å². The van der Waals surface area contributed by atoms with Crippen molar-refractivity contribution in [2.75, 3.05) is 38.2 Å². The number of amides is 2. The molecule has 1 aliphatic rings. The number of benzene rings is 2. The summed E-state index contributed by atoms with van der Waals surface area (Å²) in [7, 11) is 0. The zero-order valence-electron chi connectivity index (χ0n) is 16.1. The minimum absolute atomic E-state index is 0.00726. The zero-order valence-corrected chi connectivity index (χ0v) is 17.6. The summed E-state index contributed by atoms with van der Waals surface area (Å²) in [5, 5.41) is 2.72. The van der Waals surface area contributed by atoms with Crippen molar-refractivity contribution in [1.82, 2.24) is 4.90 Å². The van der Waals surface area contributed by atoms with Crippen molar-refractivity contribution in [1.29, 1.82) is 0 Å². The first-order valence-corrected chi connectivity index (χ1v) is 10.00. The molecule has 2 aromatic rings. The van der Waals surface area contributed by atoms with Gasteiger partial charge in [0.1, 0.15) is 5.75 Å². The van der Waals surface area contributed by atoms with Gasteiger partial charge in [0.2, 0.25) is 5.91 Å². The van der Waals surface area contributed by atoms with E-state index in [0.29, 0.717) is 32.1 Å². The van der Waals surface area contributed by atoms with Gasteiger partial charge in [-0.05, 0) is 64.0 Å². The highest BCUT2D eigenvalue weighted by Gasteiger charge is 2.17. The molecule has 2 amide bonds. The number of ether oxygens (including phenoxy) is 2. The Morgan fingerprint density at radius 2 is 1.93 bits per heavy atom. The highest BCUT2D eigenvalue weighted by atomic mass is 79.9. The first-order chi connectivity index (χ1) is 14.0. The van der Waals surface area contributed by atoms with Gasteiger partial charge >= 0.3 is 0 Å². The summed E-state index contributed by atoms with van der Waals surface area (Å²) < 4.78 is 11.7. The molecule has 1 aliphatic heterocycles. The summed E-state index contributed by atoms with van der Waals surface area (Å²) in [6.07, 6.45) is 1.74. The standard InChI is InChI=1S/C21H22BrN3O4/c1-15(26)24-18-5-3-17(4-6-18)23-13-16-2-7-20(19(22)12-16)29-14-21(27)25-8-10-28-11-9-25/h2-7,12-13H,8-11,14H2,1H3,(H,24,26). The number of anilines is 1. The van der Waals surface area contributed by atoms with Crippen LogP contribution in [0.4, 0.5) is 11.4 Å². The molecule has 0 aromatic heterocycles. The molecule has 1 heterocycles. The fraction of sp³-hybridized carbons (Fsp3) is 0.286. The summed E-state index contributed by atoms with van der Waals surface area (Å²) in [4.78, 5) is 29.4. The van der Waals surface area contributed by atoms with E-state index in [-0.39, 0.29) is 18.4 Å². The number of halogens is 1. The fourth-order valence-corrected chi connectivity index (χ4v) is 3.25. The van der Waals surface area contributed by atoms with E-state index in [9.17, 15) is 9.59 Å². The van der Waals surface area contributed by atoms with E-state index in [2.05, 4.69) is 26.2 Å². The molecule has 29 heavy (non-hydrogen) atoms. The van der Waals surface area contributed by atoms with E-state index in [1.54, 1.807) is 29.3 Å². The summed E-state index contributed by atoms with van der Waals surface area (Å²) in [5.74, 6) is 0.442. The molecule has 0 spiro atoms. The van der Waals surface area contributed by atoms with E-state index >= 15 is 0 Å². The maximum atomic E-state index is 12.2. The minimum atomic E-state index is -0.111. The number of carbonyl (C=O) groups is 2. The van der Waals surface area contributed by atoms with Crippen LogP contribution in [-0.4, -0.2) is 55.8 Å². The van der Waals surface area contributed by atoms with Crippen molar-refractivity contribution in [3.63, 3.8) is 0 Å². The predicted molar refractivity (Wildman–Crippen MR) is 115 cm³/mol. The van der Waals surface area contributed by atoms with Gasteiger partial charge in [-0.25, -0.2) is 0 Å². The smallest absolute Gasteiger partial charge is 0.260 e. The van der Waals surface area contributed by atoms with Crippen molar-refractivity contribution in [3.8, 4) is 5.75 Å². The quantitative estimate of drug-likeness (QED) is 0.671. The van der Waals surface area contributed by atoms with Crippen LogP contribution in [0.5, 0.6) is 5.75 Å². The lowest BCUT2D eigenvalue weighted by molar-refractivity contribution is -0.137. The normalized spacial score (nSPS) is 14.1. The van der Waals surface area contributed by atoms with Gasteiger partial charge in [0, 0.05) is 31.9 Å². The molecular weight excluding hydrogens is 438 g/mol. The Balaban J connectivity index is 1.56. The summed E-state index contributed by atoms with van der Waals surface area (Å²) >= 11 is 3.48. The molecule has 7 nitrogen and oxygen atoms in total. The number of aliphatic imine (C=N–C) groups is 1. The van der Waals surface area contributed by atoms with Gasteiger partial charge in [-0.1, -0.05) is 0 Å². The van der Waals surface area contributed by atoms with Crippen LogP contribution in [0.1, 0.15) is 12.5 Å². The number of carbonyl (C=O) groups excluding carboxylic acids is 2. The van der Waals surface area contributed by atoms with Gasteiger partial charge in [0.15, 0.2) is 6.61 Å². The molecule has 1 fully saturated rings. The van der Waals surface area contributed by atoms with Crippen molar-refractivity contribution < 1.29 is 19.1 Å². The Morgan fingerprint density at radius 1 is 1.21 bits per heavy atom. The van der Waals surface area contributed by atoms with Crippen LogP contribution >= 0.6 is 15.9 Å². The second-order valence-electron chi connectivity index (χ2n) is 6.46. The monoisotopic (exact) mass is 459 g/mol. The molecule has 0 bridgehead atoms. The molecule has 0 unspecified atom stereocenters. The molecule has 0 atom stereocenters. The van der Waals surface area contributed by atoms with Gasteiger partial charge in [-0.3, -0.25) is 14.6 Å². The van der Waals surface area contributed by atoms with Crippen LogP contribution in [-0.2, 0) is 14.3 Å². The fourth-order valence-electron chi connectivity index (χ4n) is 2.74. The number of nitrogens with one attached hydrogen (secondary N) is 1. The number of morpholine rings is 1. The molecule has 152 valence electrons. The average molecular weight is 460 g/mol. The topological polar surface area (TPSA) is 80.2 Å². The van der Waals surface area contributed by atoms with Gasteiger partial charge in [0.25, 0.3) is 5.91 Å². The number of nitrogens with zero attached hydrogens (tertiary/aromatic N) is 2. The molecule has 1 N–H and O–H groups in total. The van der Waals surface area contributed by atoms with Crippen LogP contribution in [0.25, 0.3) is 0 Å². The Bertz CT molecular complexity index is 893. The Morgan fingerprint density at radius 3 is 2.59 bits per heavy atom. The third-order valence-electron chi connectivity index (χ3n) is 4.22. The number of hydrogen-bond donors (Lipinski definition) is 1. The lowest BCUT2D eigenvalue weighted by Crippen LogP contribution is -2.43. The van der Waals surface area contributed by atoms with Gasteiger partial charge in [0.05, 0.1) is 23.4 Å². The number of hydrogen-bond acceptors (Lipinski definition) is 5. The van der Waals surface area contributed by atoms with Crippen LogP contribution < -0.4 is 10.1 Å². The van der Waals surface area contributed by atoms with Crippen molar-refractivity contribution in [2.45, 2.75) is 6.92 Å². The van der Waals surface area contributed by atoms with Gasteiger partial charge < -0.3 is 19.7 Å². The molecule has 0 saturated carbocycles. The maximum Gasteiger partial charge on any atom is 0.260 e. The first kappa shape index (κ1) is 21.0. The average Bonchev–Trinajstić information content (AvgIpc) is 2.72. The Labute approximate surface area is 177 Å². The lowest BCUT2D eigenvalue weighted by atomic mass is 10.2. The van der Waals surface area contributed by atoms with Gasteiger partial charge in [-0.15, -0.1) is 0 Å². The predicted octanol–water partition coefficient (Wildman–Crippen LogP) is 3.40.